The first-order chi connectivity index (χ1) is 21.7. The topological polar surface area (TPSA) is 109 Å². The molecule has 0 bridgehead atoms. The summed E-state index contributed by atoms with van der Waals surface area (Å²) in [6, 6.07) is 9.44. The van der Waals surface area contributed by atoms with Crippen molar-refractivity contribution in [3.05, 3.63) is 71.1 Å². The summed E-state index contributed by atoms with van der Waals surface area (Å²) >= 11 is 13.6. The molecular weight excluding hydrogens is 615 g/mol. The number of pyridine rings is 1. The molecule has 0 atom stereocenters. The Morgan fingerprint density at radius 2 is 1.69 bits per heavy atom. The number of benzene rings is 2. The minimum atomic E-state index is -0.317. The van der Waals surface area contributed by atoms with E-state index in [9.17, 15) is 4.79 Å². The molecule has 0 radical (unpaired) electrons. The molecule has 0 spiro atoms. The third kappa shape index (κ3) is 5.82. The summed E-state index contributed by atoms with van der Waals surface area (Å²) in [4.78, 5) is 31.2. The van der Waals surface area contributed by atoms with Gasteiger partial charge in [-0.15, -0.1) is 0 Å². The normalized spacial score (nSPS) is 13.7. The van der Waals surface area contributed by atoms with Crippen molar-refractivity contribution in [2.45, 2.75) is 6.92 Å². The van der Waals surface area contributed by atoms with E-state index in [-0.39, 0.29) is 5.91 Å². The van der Waals surface area contributed by atoms with Gasteiger partial charge in [-0.2, -0.15) is 4.98 Å². The number of carbonyl (C=O) groups excluding carboxylic acids is 1. The number of likely N-dealkylation sites (N-methyl/N-ethyl adjacent to an activating group) is 1. The Kier molecular flexibility index (Phi) is 8.41. The fourth-order valence-electron chi connectivity index (χ4n) is 5.42. The van der Waals surface area contributed by atoms with E-state index in [1.54, 1.807) is 12.3 Å². The predicted octanol–water partition coefficient (Wildman–Crippen LogP) is 6.20. The standard InChI is InChI=1S/C32H32Cl2N8O3/c1-6-26(43)37-23-14-20(41-11-9-40(3)10-12-41)7-8-22(23)38-32-35-16-19-13-21(31-36-18(2)17-42(31)30(19)39-32)27-28(33)24(44-4)15-25(45-5)29(27)34/h6-8,13-17H,1,9-12H2,2-5H3,(H,37,43)(H,35,38,39). The Hall–Kier alpha value is -4.58. The summed E-state index contributed by atoms with van der Waals surface area (Å²) < 4.78 is 12.9. The number of hydrogen-bond acceptors (Lipinski definition) is 9. The van der Waals surface area contributed by atoms with Crippen LogP contribution >= 0.6 is 23.2 Å². The molecule has 13 heteroatoms. The van der Waals surface area contributed by atoms with Crippen molar-refractivity contribution in [1.82, 2.24) is 24.3 Å². The van der Waals surface area contributed by atoms with Crippen LogP contribution in [0.25, 0.3) is 27.8 Å². The quantitative estimate of drug-likeness (QED) is 0.191. The maximum absolute atomic E-state index is 12.4. The van der Waals surface area contributed by atoms with Crippen LogP contribution in [0.4, 0.5) is 23.0 Å². The van der Waals surface area contributed by atoms with E-state index in [2.05, 4.69) is 39.0 Å². The number of ether oxygens (including phenoxy) is 2. The van der Waals surface area contributed by atoms with Crippen molar-refractivity contribution in [3.63, 3.8) is 0 Å². The molecule has 3 aromatic heterocycles. The van der Waals surface area contributed by atoms with Crippen molar-refractivity contribution in [3.8, 4) is 22.6 Å². The molecule has 45 heavy (non-hydrogen) atoms. The molecule has 1 aliphatic rings. The van der Waals surface area contributed by atoms with Crippen molar-refractivity contribution >= 4 is 68.8 Å². The predicted molar refractivity (Wildman–Crippen MR) is 180 cm³/mol. The summed E-state index contributed by atoms with van der Waals surface area (Å²) in [7, 11) is 5.18. The molecule has 5 aromatic rings. The number of aryl methyl sites for hydroxylation is 1. The molecule has 6 rings (SSSR count). The second-order valence-electron chi connectivity index (χ2n) is 10.7. The third-order valence-corrected chi connectivity index (χ3v) is 8.55. The Balaban J connectivity index is 1.43. The number of carbonyl (C=O) groups is 1. The van der Waals surface area contributed by atoms with Crippen LogP contribution in [0, 0.1) is 6.92 Å². The molecule has 1 saturated heterocycles. The van der Waals surface area contributed by atoms with Gasteiger partial charge < -0.3 is 29.9 Å². The van der Waals surface area contributed by atoms with Gasteiger partial charge in [0.15, 0.2) is 5.65 Å². The van der Waals surface area contributed by atoms with Crippen LogP contribution in [0.2, 0.25) is 10.0 Å². The van der Waals surface area contributed by atoms with Crippen molar-refractivity contribution < 1.29 is 14.3 Å². The second kappa shape index (κ2) is 12.4. The number of imidazole rings is 1. The zero-order valence-corrected chi connectivity index (χ0v) is 26.8. The van der Waals surface area contributed by atoms with Crippen molar-refractivity contribution in [1.29, 1.82) is 0 Å². The molecule has 0 aliphatic carbocycles. The fourth-order valence-corrected chi connectivity index (χ4v) is 6.13. The summed E-state index contributed by atoms with van der Waals surface area (Å²) in [5, 5.41) is 7.60. The molecule has 232 valence electrons. The zero-order valence-electron chi connectivity index (χ0n) is 25.3. The van der Waals surface area contributed by atoms with E-state index >= 15 is 0 Å². The molecule has 1 fully saturated rings. The van der Waals surface area contributed by atoms with Crippen LogP contribution in [-0.2, 0) is 4.79 Å². The smallest absolute Gasteiger partial charge is 0.247 e. The first-order valence-corrected chi connectivity index (χ1v) is 15.0. The minimum absolute atomic E-state index is 0.317. The van der Waals surface area contributed by atoms with Crippen LogP contribution < -0.4 is 25.0 Å². The van der Waals surface area contributed by atoms with Crippen molar-refractivity contribution in [2.75, 3.05) is 63.0 Å². The number of fused-ring (bicyclic) bond motifs is 3. The van der Waals surface area contributed by atoms with Gasteiger partial charge in [-0.1, -0.05) is 29.8 Å². The number of aromatic nitrogens is 4. The van der Waals surface area contributed by atoms with Crippen LogP contribution in [0.15, 0.2) is 55.4 Å². The van der Waals surface area contributed by atoms with Gasteiger partial charge in [0.25, 0.3) is 0 Å². The summed E-state index contributed by atoms with van der Waals surface area (Å²) in [6.07, 6.45) is 4.84. The Bertz CT molecular complexity index is 1920. The van der Waals surface area contributed by atoms with E-state index in [1.807, 2.05) is 41.8 Å². The van der Waals surface area contributed by atoms with E-state index in [0.717, 1.165) is 42.9 Å². The molecule has 1 amide bonds. The number of methoxy groups -OCH3 is 2. The second-order valence-corrected chi connectivity index (χ2v) is 11.5. The monoisotopic (exact) mass is 646 g/mol. The van der Waals surface area contributed by atoms with E-state index in [1.165, 1.54) is 20.3 Å². The van der Waals surface area contributed by atoms with Crippen LogP contribution in [0.3, 0.4) is 0 Å². The van der Waals surface area contributed by atoms with E-state index < -0.39 is 0 Å². The summed E-state index contributed by atoms with van der Waals surface area (Å²) in [5.74, 6) is 0.859. The highest BCUT2D eigenvalue weighted by Crippen LogP contribution is 2.47. The lowest BCUT2D eigenvalue weighted by Crippen LogP contribution is -2.44. The number of nitrogens with zero attached hydrogens (tertiary/aromatic N) is 6. The van der Waals surface area contributed by atoms with Crippen LogP contribution in [-0.4, -0.2) is 77.6 Å². The van der Waals surface area contributed by atoms with Gasteiger partial charge in [0.1, 0.15) is 17.1 Å². The first-order valence-electron chi connectivity index (χ1n) is 14.2. The Morgan fingerprint density at radius 3 is 2.36 bits per heavy atom. The molecule has 11 nitrogen and oxygen atoms in total. The minimum Gasteiger partial charge on any atom is -0.495 e. The SMILES string of the molecule is C=CC(=O)Nc1cc(N2CCN(C)CC2)ccc1Nc1ncc2cc(-c3c(Cl)c(OC)cc(OC)c3Cl)c3nc(C)cn3c2n1. The lowest BCUT2D eigenvalue weighted by atomic mass is 10.0. The first kappa shape index (κ1) is 30.4. The van der Waals surface area contributed by atoms with Crippen LogP contribution in [0.1, 0.15) is 5.69 Å². The number of hydrogen-bond donors (Lipinski definition) is 2. The average molecular weight is 648 g/mol. The molecule has 2 aromatic carbocycles. The highest BCUT2D eigenvalue weighted by atomic mass is 35.5. The maximum atomic E-state index is 12.4. The maximum Gasteiger partial charge on any atom is 0.247 e. The third-order valence-electron chi connectivity index (χ3n) is 7.80. The summed E-state index contributed by atoms with van der Waals surface area (Å²) in [5.41, 5.74) is 5.42. The number of piperazine rings is 1. The molecule has 0 saturated carbocycles. The lowest BCUT2D eigenvalue weighted by Gasteiger charge is -2.34. The van der Waals surface area contributed by atoms with Gasteiger partial charge in [-0.3, -0.25) is 9.20 Å². The molecule has 4 heterocycles. The van der Waals surface area contributed by atoms with Gasteiger partial charge in [0, 0.05) is 66.8 Å². The Labute approximate surface area is 270 Å². The largest absolute Gasteiger partial charge is 0.495 e. The number of halogens is 2. The van der Waals surface area contributed by atoms with Gasteiger partial charge in [0.2, 0.25) is 11.9 Å². The average Bonchev–Trinajstić information content (AvgIpc) is 3.44. The summed E-state index contributed by atoms with van der Waals surface area (Å²) in [6.45, 7) is 9.22. The number of anilines is 4. The van der Waals surface area contributed by atoms with E-state index in [0.29, 0.717) is 61.3 Å². The Morgan fingerprint density at radius 1 is 0.978 bits per heavy atom. The molecule has 0 unspecified atom stereocenters. The van der Waals surface area contributed by atoms with Crippen molar-refractivity contribution in [2.24, 2.45) is 0 Å². The molecule has 2 N–H and O–H groups in total. The van der Waals surface area contributed by atoms with Gasteiger partial charge in [-0.25, -0.2) is 9.97 Å². The number of amides is 1. The number of nitrogens with one attached hydrogen (secondary N) is 2. The lowest BCUT2D eigenvalue weighted by molar-refractivity contribution is -0.111. The van der Waals surface area contributed by atoms with Gasteiger partial charge in [0.05, 0.1) is 41.3 Å². The highest BCUT2D eigenvalue weighted by Gasteiger charge is 2.23. The fraction of sp³-hybridized carbons (Fsp3) is 0.250. The zero-order chi connectivity index (χ0) is 31.8. The molecular formula is C32H32Cl2N8O3. The number of rotatable bonds is 8. The van der Waals surface area contributed by atoms with Gasteiger partial charge >= 0.3 is 0 Å². The highest BCUT2D eigenvalue weighted by molar-refractivity contribution is 6.41. The van der Waals surface area contributed by atoms with Crippen LogP contribution in [0.5, 0.6) is 11.5 Å². The molecule has 1 aliphatic heterocycles. The van der Waals surface area contributed by atoms with E-state index in [4.69, 9.17) is 42.6 Å². The van der Waals surface area contributed by atoms with Gasteiger partial charge in [-0.05, 0) is 44.3 Å².